The van der Waals surface area contributed by atoms with Crippen LogP contribution in [0.1, 0.15) is 16.1 Å². The van der Waals surface area contributed by atoms with E-state index in [1.807, 2.05) is 0 Å². The van der Waals surface area contributed by atoms with Gasteiger partial charge < -0.3 is 9.63 Å². The molecule has 0 amide bonds. The standard InChI is InChI=1S/C11H9NO3S/c13-11(14)8-1-3-10(4-2-8)16-7-9-5-6-12-15-9/h1-6H,7H2,(H,13,14). The third-order valence-electron chi connectivity index (χ3n) is 1.97. The lowest BCUT2D eigenvalue weighted by molar-refractivity contribution is 0.0697. The van der Waals surface area contributed by atoms with Gasteiger partial charge in [-0.15, -0.1) is 11.8 Å². The second kappa shape index (κ2) is 4.85. The maximum atomic E-state index is 10.6. The van der Waals surface area contributed by atoms with Gasteiger partial charge in [0.05, 0.1) is 17.5 Å². The zero-order valence-electron chi connectivity index (χ0n) is 8.29. The predicted octanol–water partition coefficient (Wildman–Crippen LogP) is 2.67. The van der Waals surface area contributed by atoms with Gasteiger partial charge in [0.1, 0.15) is 5.76 Å². The van der Waals surface area contributed by atoms with E-state index in [9.17, 15) is 4.79 Å². The van der Waals surface area contributed by atoms with Crippen molar-refractivity contribution in [1.82, 2.24) is 5.16 Å². The Bertz CT molecular complexity index is 464. The van der Waals surface area contributed by atoms with E-state index >= 15 is 0 Å². The normalized spacial score (nSPS) is 10.2. The predicted molar refractivity (Wildman–Crippen MR) is 59.5 cm³/mol. The summed E-state index contributed by atoms with van der Waals surface area (Å²) in [6.07, 6.45) is 1.60. The average Bonchev–Trinajstić information content (AvgIpc) is 2.80. The zero-order valence-corrected chi connectivity index (χ0v) is 9.11. The van der Waals surface area contributed by atoms with E-state index in [2.05, 4.69) is 5.16 Å². The lowest BCUT2D eigenvalue weighted by atomic mass is 10.2. The van der Waals surface area contributed by atoms with Crippen molar-refractivity contribution in [2.24, 2.45) is 0 Å². The number of aromatic nitrogens is 1. The lowest BCUT2D eigenvalue weighted by Gasteiger charge is -1.99. The number of nitrogens with zero attached hydrogens (tertiary/aromatic N) is 1. The highest BCUT2D eigenvalue weighted by Gasteiger charge is 2.03. The molecule has 1 aromatic heterocycles. The summed E-state index contributed by atoms with van der Waals surface area (Å²) in [5.41, 5.74) is 0.295. The fraction of sp³-hybridized carbons (Fsp3) is 0.0909. The van der Waals surface area contributed by atoms with Crippen molar-refractivity contribution in [1.29, 1.82) is 0 Å². The molecule has 16 heavy (non-hydrogen) atoms. The van der Waals surface area contributed by atoms with Crippen molar-refractivity contribution < 1.29 is 14.4 Å². The first-order valence-corrected chi connectivity index (χ1v) is 5.60. The number of hydrogen-bond donors (Lipinski definition) is 1. The molecule has 0 bridgehead atoms. The number of thioether (sulfide) groups is 1. The summed E-state index contributed by atoms with van der Waals surface area (Å²) in [6, 6.07) is 8.55. The monoisotopic (exact) mass is 235 g/mol. The lowest BCUT2D eigenvalue weighted by Crippen LogP contribution is -1.94. The Hall–Kier alpha value is -1.75. The van der Waals surface area contributed by atoms with Crippen molar-refractivity contribution >= 4 is 17.7 Å². The Balaban J connectivity index is 1.98. The van der Waals surface area contributed by atoms with Gasteiger partial charge in [0.2, 0.25) is 0 Å². The van der Waals surface area contributed by atoms with Gasteiger partial charge in [-0.25, -0.2) is 4.79 Å². The van der Waals surface area contributed by atoms with Gasteiger partial charge in [-0.05, 0) is 24.3 Å². The Morgan fingerprint density at radius 3 is 2.62 bits per heavy atom. The first kappa shape index (κ1) is 10.8. The van der Waals surface area contributed by atoms with Crippen LogP contribution in [0.15, 0.2) is 45.9 Å². The largest absolute Gasteiger partial charge is 0.478 e. The van der Waals surface area contributed by atoms with Gasteiger partial charge in [0, 0.05) is 11.0 Å². The molecule has 4 nitrogen and oxygen atoms in total. The Morgan fingerprint density at radius 1 is 1.31 bits per heavy atom. The summed E-state index contributed by atoms with van der Waals surface area (Å²) in [6.45, 7) is 0. The molecule has 0 spiro atoms. The van der Waals surface area contributed by atoms with Crippen molar-refractivity contribution in [2.75, 3.05) is 0 Å². The number of benzene rings is 1. The highest BCUT2D eigenvalue weighted by Crippen LogP contribution is 2.22. The van der Waals surface area contributed by atoms with E-state index in [1.165, 1.54) is 0 Å². The molecule has 0 saturated carbocycles. The fourth-order valence-corrected chi connectivity index (χ4v) is 1.95. The second-order valence-corrected chi connectivity index (χ2v) is 4.15. The molecule has 0 aliphatic rings. The van der Waals surface area contributed by atoms with Crippen LogP contribution in [-0.2, 0) is 5.75 Å². The molecule has 0 aliphatic heterocycles. The number of hydrogen-bond acceptors (Lipinski definition) is 4. The van der Waals surface area contributed by atoms with Crippen LogP contribution < -0.4 is 0 Å². The highest BCUT2D eigenvalue weighted by atomic mass is 32.2. The van der Waals surface area contributed by atoms with Gasteiger partial charge in [-0.1, -0.05) is 5.16 Å². The summed E-state index contributed by atoms with van der Waals surface area (Å²) < 4.78 is 4.95. The maximum absolute atomic E-state index is 10.6. The van der Waals surface area contributed by atoms with E-state index < -0.39 is 5.97 Å². The van der Waals surface area contributed by atoms with Gasteiger partial charge in [-0.3, -0.25) is 0 Å². The molecule has 0 radical (unpaired) electrons. The summed E-state index contributed by atoms with van der Waals surface area (Å²) >= 11 is 1.57. The van der Waals surface area contributed by atoms with E-state index in [1.54, 1.807) is 48.3 Å². The minimum Gasteiger partial charge on any atom is -0.478 e. The van der Waals surface area contributed by atoms with Gasteiger partial charge in [-0.2, -0.15) is 0 Å². The Labute approximate surface area is 96.3 Å². The van der Waals surface area contributed by atoms with Crippen molar-refractivity contribution in [2.45, 2.75) is 10.6 Å². The van der Waals surface area contributed by atoms with E-state index in [4.69, 9.17) is 9.63 Å². The number of carboxylic acids is 1. The van der Waals surface area contributed by atoms with Gasteiger partial charge in [0.15, 0.2) is 0 Å². The molecule has 0 saturated heterocycles. The molecule has 82 valence electrons. The van der Waals surface area contributed by atoms with E-state index in [0.29, 0.717) is 11.3 Å². The Morgan fingerprint density at radius 2 is 2.06 bits per heavy atom. The molecule has 1 heterocycles. The summed E-state index contributed by atoms with van der Waals surface area (Å²) in [7, 11) is 0. The van der Waals surface area contributed by atoms with Crippen LogP contribution in [0.3, 0.4) is 0 Å². The minimum absolute atomic E-state index is 0.295. The molecule has 5 heteroatoms. The van der Waals surface area contributed by atoms with E-state index in [-0.39, 0.29) is 0 Å². The second-order valence-electron chi connectivity index (χ2n) is 3.10. The Kier molecular flexibility index (Phi) is 3.26. The van der Waals surface area contributed by atoms with Crippen LogP contribution in [0.4, 0.5) is 0 Å². The number of carbonyl (C=O) groups is 1. The SMILES string of the molecule is O=C(O)c1ccc(SCc2ccno2)cc1. The van der Waals surface area contributed by atoms with Crippen LogP contribution in [0.25, 0.3) is 0 Å². The topological polar surface area (TPSA) is 63.3 Å². The average molecular weight is 235 g/mol. The smallest absolute Gasteiger partial charge is 0.335 e. The van der Waals surface area contributed by atoms with Crippen molar-refractivity contribution in [3.8, 4) is 0 Å². The highest BCUT2D eigenvalue weighted by molar-refractivity contribution is 7.98. The molecule has 0 aliphatic carbocycles. The molecule has 0 fully saturated rings. The van der Waals surface area contributed by atoms with Crippen LogP contribution >= 0.6 is 11.8 Å². The van der Waals surface area contributed by atoms with Gasteiger partial charge >= 0.3 is 5.97 Å². The summed E-state index contributed by atoms with van der Waals surface area (Å²) in [5.74, 6) is 0.575. The zero-order chi connectivity index (χ0) is 11.4. The first-order chi connectivity index (χ1) is 7.75. The molecular weight excluding hydrogens is 226 g/mol. The quantitative estimate of drug-likeness (QED) is 0.825. The molecular formula is C11H9NO3S. The molecule has 0 unspecified atom stereocenters. The van der Waals surface area contributed by atoms with E-state index in [0.717, 1.165) is 10.7 Å². The summed E-state index contributed by atoms with van der Waals surface area (Å²) in [4.78, 5) is 11.6. The summed E-state index contributed by atoms with van der Waals surface area (Å²) in [5, 5.41) is 12.3. The number of carboxylic acid groups (broad SMARTS) is 1. The molecule has 2 aromatic rings. The number of rotatable bonds is 4. The van der Waals surface area contributed by atoms with Gasteiger partial charge in [0.25, 0.3) is 0 Å². The third-order valence-corrected chi connectivity index (χ3v) is 3.01. The van der Waals surface area contributed by atoms with Crippen molar-refractivity contribution in [3.63, 3.8) is 0 Å². The third kappa shape index (κ3) is 2.64. The first-order valence-electron chi connectivity index (χ1n) is 4.61. The molecule has 1 N–H and O–H groups in total. The fourth-order valence-electron chi connectivity index (χ4n) is 1.16. The van der Waals surface area contributed by atoms with Crippen molar-refractivity contribution in [3.05, 3.63) is 47.9 Å². The van der Waals surface area contributed by atoms with Crippen LogP contribution in [0, 0.1) is 0 Å². The van der Waals surface area contributed by atoms with Crippen LogP contribution in [-0.4, -0.2) is 16.2 Å². The van der Waals surface area contributed by atoms with Crippen LogP contribution in [0.2, 0.25) is 0 Å². The minimum atomic E-state index is -0.910. The molecule has 1 aromatic carbocycles. The molecule has 2 rings (SSSR count). The van der Waals surface area contributed by atoms with Crippen LogP contribution in [0.5, 0.6) is 0 Å². The maximum Gasteiger partial charge on any atom is 0.335 e. The molecule has 0 atom stereocenters. The number of aromatic carboxylic acids is 1.